The number of aliphatic hydroxyl groups excluding tert-OH is 1. The lowest BCUT2D eigenvalue weighted by Crippen LogP contribution is -2.45. The Bertz CT molecular complexity index is 959. The molecular weight excluding hydrogens is 390 g/mol. The fraction of sp³-hybridized carbons (Fsp3) is 0.375. The molecule has 0 bridgehead atoms. The van der Waals surface area contributed by atoms with Gasteiger partial charge in [-0.15, -0.1) is 0 Å². The number of hydrogen-bond acceptors (Lipinski definition) is 6. The summed E-state index contributed by atoms with van der Waals surface area (Å²) in [4.78, 5) is 23.7. The summed E-state index contributed by atoms with van der Waals surface area (Å²) in [5, 5.41) is 16.6. The Balaban J connectivity index is 1.26. The van der Waals surface area contributed by atoms with E-state index in [0.29, 0.717) is 18.2 Å². The van der Waals surface area contributed by atoms with Crippen molar-refractivity contribution in [1.29, 1.82) is 0 Å². The zero-order valence-electron chi connectivity index (χ0n) is 17.7. The second-order valence-electron chi connectivity index (χ2n) is 8.16. The van der Waals surface area contributed by atoms with E-state index in [2.05, 4.69) is 49.8 Å². The number of rotatable bonds is 6. The van der Waals surface area contributed by atoms with Crippen molar-refractivity contribution in [2.24, 2.45) is 16.8 Å². The minimum atomic E-state index is -0.614. The van der Waals surface area contributed by atoms with Gasteiger partial charge in [0, 0.05) is 44.5 Å². The van der Waals surface area contributed by atoms with Crippen LogP contribution in [0.5, 0.6) is 0 Å². The highest BCUT2D eigenvalue weighted by Gasteiger charge is 2.29. The van der Waals surface area contributed by atoms with Crippen LogP contribution in [0.2, 0.25) is 0 Å². The van der Waals surface area contributed by atoms with Gasteiger partial charge in [-0.3, -0.25) is 9.69 Å². The first kappa shape index (κ1) is 21.2. The molecule has 0 spiro atoms. The predicted octanol–water partition coefficient (Wildman–Crippen LogP) is 2.21. The number of nitrogens with one attached hydrogen (secondary N) is 2. The van der Waals surface area contributed by atoms with Gasteiger partial charge in [0.25, 0.3) is 0 Å². The van der Waals surface area contributed by atoms with E-state index in [1.165, 1.54) is 11.1 Å². The van der Waals surface area contributed by atoms with E-state index in [1.54, 1.807) is 18.5 Å². The molecule has 1 aromatic heterocycles. The van der Waals surface area contributed by atoms with Crippen LogP contribution in [0.4, 0.5) is 5.82 Å². The summed E-state index contributed by atoms with van der Waals surface area (Å²) in [5.74, 6) is 0.817. The van der Waals surface area contributed by atoms with E-state index < -0.39 is 6.10 Å². The van der Waals surface area contributed by atoms with Gasteiger partial charge in [0.1, 0.15) is 11.7 Å². The molecule has 1 aromatic carbocycles. The van der Waals surface area contributed by atoms with Gasteiger partial charge < -0.3 is 15.7 Å². The number of anilines is 1. The van der Waals surface area contributed by atoms with Crippen LogP contribution in [0, 0.1) is 11.8 Å². The number of nitrogens with zero attached hydrogens (tertiary/aromatic N) is 3. The minimum absolute atomic E-state index is 0.109. The number of carbonyl (C=O) groups is 1. The molecule has 0 saturated heterocycles. The van der Waals surface area contributed by atoms with Crippen molar-refractivity contribution >= 4 is 17.6 Å². The van der Waals surface area contributed by atoms with Gasteiger partial charge in [0.05, 0.1) is 12.0 Å². The molecule has 3 atom stereocenters. The van der Waals surface area contributed by atoms with Crippen molar-refractivity contribution in [3.05, 3.63) is 72.1 Å². The van der Waals surface area contributed by atoms with Crippen molar-refractivity contribution in [3.63, 3.8) is 0 Å². The number of amidine groups is 1. The number of fused-ring (bicyclic) bond motifs is 1. The molecule has 7 nitrogen and oxygen atoms in total. The SMILES string of the molecule is CC1C(Nc2ccccn2)=NC=CC1C(=O)NC[C@H](O)CN1CCc2ccccc2C1. The van der Waals surface area contributed by atoms with Crippen LogP contribution >= 0.6 is 0 Å². The summed E-state index contributed by atoms with van der Waals surface area (Å²) in [5.41, 5.74) is 2.70. The Kier molecular flexibility index (Phi) is 6.74. The maximum atomic E-state index is 12.8. The molecule has 0 radical (unpaired) electrons. The third-order valence-electron chi connectivity index (χ3n) is 5.89. The van der Waals surface area contributed by atoms with Crippen LogP contribution in [0.25, 0.3) is 0 Å². The molecule has 4 rings (SSSR count). The van der Waals surface area contributed by atoms with E-state index in [-0.39, 0.29) is 24.3 Å². The van der Waals surface area contributed by atoms with Crippen molar-refractivity contribution in [2.45, 2.75) is 26.0 Å². The van der Waals surface area contributed by atoms with Crippen LogP contribution in [-0.2, 0) is 17.8 Å². The van der Waals surface area contributed by atoms with E-state index in [0.717, 1.165) is 19.5 Å². The second kappa shape index (κ2) is 9.85. The van der Waals surface area contributed by atoms with E-state index in [4.69, 9.17) is 0 Å². The molecule has 3 N–H and O–H groups in total. The highest BCUT2D eigenvalue weighted by Crippen LogP contribution is 2.21. The highest BCUT2D eigenvalue weighted by molar-refractivity contribution is 6.00. The zero-order chi connectivity index (χ0) is 21.6. The molecule has 7 heteroatoms. The molecule has 31 heavy (non-hydrogen) atoms. The van der Waals surface area contributed by atoms with Crippen LogP contribution in [0.3, 0.4) is 0 Å². The standard InChI is InChI=1S/C24H29N5O2/c1-17-21(9-12-26-23(17)28-22-8-4-5-11-25-22)24(31)27-14-20(30)16-29-13-10-18-6-2-3-7-19(18)15-29/h2-9,11-12,17,20-21,30H,10,13-16H2,1H3,(H,27,31)(H,25,26,28)/t17?,20-,21?/m0/s1. The lowest BCUT2D eigenvalue weighted by atomic mass is 9.90. The number of β-amino-alcohol motifs (C(OH)–C–C–N with tert-alkyl or cyclic N) is 1. The average molecular weight is 420 g/mol. The van der Waals surface area contributed by atoms with Gasteiger partial charge in [0.15, 0.2) is 0 Å². The number of carbonyl (C=O) groups excluding carboxylic acids is 1. The quantitative estimate of drug-likeness (QED) is 0.668. The molecule has 1 amide bonds. The molecule has 2 aliphatic rings. The first-order valence-electron chi connectivity index (χ1n) is 10.8. The van der Waals surface area contributed by atoms with Crippen molar-refractivity contribution in [1.82, 2.24) is 15.2 Å². The van der Waals surface area contributed by atoms with Crippen molar-refractivity contribution in [2.75, 3.05) is 25.0 Å². The Labute approximate surface area is 182 Å². The fourth-order valence-corrected chi connectivity index (χ4v) is 4.11. The number of benzene rings is 1. The van der Waals surface area contributed by atoms with Gasteiger partial charge in [-0.05, 0) is 29.7 Å². The van der Waals surface area contributed by atoms with E-state index in [9.17, 15) is 9.90 Å². The van der Waals surface area contributed by atoms with Crippen LogP contribution < -0.4 is 10.6 Å². The predicted molar refractivity (Wildman–Crippen MR) is 122 cm³/mol. The Morgan fingerprint density at radius 2 is 2.03 bits per heavy atom. The topological polar surface area (TPSA) is 89.8 Å². The van der Waals surface area contributed by atoms with Crippen molar-refractivity contribution in [3.8, 4) is 0 Å². The molecule has 0 saturated carbocycles. The third kappa shape index (κ3) is 5.37. The van der Waals surface area contributed by atoms with Crippen LogP contribution in [-0.4, -0.2) is 52.5 Å². The molecule has 0 fully saturated rings. The first-order valence-corrected chi connectivity index (χ1v) is 10.8. The van der Waals surface area contributed by atoms with E-state index in [1.807, 2.05) is 25.1 Å². The molecule has 162 valence electrons. The number of pyridine rings is 1. The van der Waals surface area contributed by atoms with Gasteiger partial charge in [-0.25, -0.2) is 9.98 Å². The number of aliphatic hydroxyl groups is 1. The van der Waals surface area contributed by atoms with Crippen molar-refractivity contribution < 1.29 is 9.90 Å². The Morgan fingerprint density at radius 3 is 2.84 bits per heavy atom. The minimum Gasteiger partial charge on any atom is -0.390 e. The van der Waals surface area contributed by atoms with Crippen LogP contribution in [0.1, 0.15) is 18.1 Å². The first-order chi connectivity index (χ1) is 15.1. The normalized spacial score (nSPS) is 21.7. The molecule has 0 aliphatic carbocycles. The Hall–Kier alpha value is -3.03. The summed E-state index contributed by atoms with van der Waals surface area (Å²) in [6.07, 6.45) is 5.54. The summed E-state index contributed by atoms with van der Waals surface area (Å²) in [6, 6.07) is 14.0. The highest BCUT2D eigenvalue weighted by atomic mass is 16.3. The number of aromatic nitrogens is 1. The summed E-state index contributed by atoms with van der Waals surface area (Å²) < 4.78 is 0. The number of amides is 1. The second-order valence-corrected chi connectivity index (χ2v) is 8.16. The maximum Gasteiger partial charge on any atom is 0.227 e. The summed E-state index contributed by atoms with van der Waals surface area (Å²) in [6.45, 7) is 4.49. The van der Waals surface area contributed by atoms with Crippen LogP contribution in [0.15, 0.2) is 65.9 Å². The summed E-state index contributed by atoms with van der Waals surface area (Å²) in [7, 11) is 0. The molecular formula is C24H29N5O2. The molecule has 2 aromatic rings. The summed E-state index contributed by atoms with van der Waals surface area (Å²) >= 11 is 0. The van der Waals surface area contributed by atoms with Gasteiger partial charge >= 0.3 is 0 Å². The molecule has 3 heterocycles. The lowest BCUT2D eigenvalue weighted by Gasteiger charge is -2.30. The maximum absolute atomic E-state index is 12.8. The van der Waals surface area contributed by atoms with E-state index >= 15 is 0 Å². The van der Waals surface area contributed by atoms with Gasteiger partial charge in [-0.2, -0.15) is 0 Å². The number of aliphatic imine (C=N–C) groups is 1. The largest absolute Gasteiger partial charge is 0.390 e. The zero-order valence-corrected chi connectivity index (χ0v) is 17.7. The van der Waals surface area contributed by atoms with Gasteiger partial charge in [-0.1, -0.05) is 43.3 Å². The lowest BCUT2D eigenvalue weighted by molar-refractivity contribution is -0.124. The molecule has 2 aliphatic heterocycles. The third-order valence-corrected chi connectivity index (χ3v) is 5.89. The average Bonchev–Trinajstić information content (AvgIpc) is 2.79. The monoisotopic (exact) mass is 419 g/mol. The smallest absolute Gasteiger partial charge is 0.227 e. The molecule has 2 unspecified atom stereocenters. The Morgan fingerprint density at radius 1 is 1.23 bits per heavy atom. The van der Waals surface area contributed by atoms with Gasteiger partial charge in [0.2, 0.25) is 5.91 Å². The fourth-order valence-electron chi connectivity index (χ4n) is 4.11. The number of hydrogen-bond donors (Lipinski definition) is 3.